The van der Waals surface area contributed by atoms with Crippen LogP contribution in [0.3, 0.4) is 0 Å². The Morgan fingerprint density at radius 1 is 1.33 bits per heavy atom. The van der Waals surface area contributed by atoms with Crippen LogP contribution in [0, 0.1) is 17.8 Å². The van der Waals surface area contributed by atoms with Gasteiger partial charge in [-0.25, -0.2) is 0 Å². The minimum Gasteiger partial charge on any atom is -0.506 e. The molecule has 1 fully saturated rings. The van der Waals surface area contributed by atoms with Gasteiger partial charge in [-0.05, 0) is 37.0 Å². The van der Waals surface area contributed by atoms with E-state index in [0.29, 0.717) is 18.5 Å². The Morgan fingerprint density at radius 3 is 2.57 bits per heavy atom. The summed E-state index contributed by atoms with van der Waals surface area (Å²) in [6, 6.07) is 4.36. The number of halogens is 1. The number of rotatable bonds is 4. The van der Waals surface area contributed by atoms with Gasteiger partial charge in [0.1, 0.15) is 5.75 Å². The predicted molar refractivity (Wildman–Crippen MR) is 79.4 cm³/mol. The molecule has 1 unspecified atom stereocenters. The molecule has 0 bridgehead atoms. The number of hydrogen-bond donors (Lipinski definition) is 3. The van der Waals surface area contributed by atoms with E-state index in [2.05, 4.69) is 5.32 Å². The fourth-order valence-electron chi connectivity index (χ4n) is 2.86. The lowest BCUT2D eigenvalue weighted by Crippen LogP contribution is -2.29. The van der Waals surface area contributed by atoms with Gasteiger partial charge in [0.25, 0.3) is 0 Å². The lowest BCUT2D eigenvalue weighted by molar-refractivity contribution is -0.145. The number of anilines is 1. The first kappa shape index (κ1) is 15.6. The Morgan fingerprint density at radius 2 is 2.00 bits per heavy atom. The number of nitrogens with one attached hydrogen (secondary N) is 1. The molecule has 0 heterocycles. The van der Waals surface area contributed by atoms with Crippen molar-refractivity contribution >= 4 is 29.2 Å². The van der Waals surface area contributed by atoms with Crippen molar-refractivity contribution in [1.82, 2.24) is 0 Å². The normalized spacial score (nSPS) is 24.8. The number of phenolic OH excluding ortho intramolecular Hbond substituents is 1. The third kappa shape index (κ3) is 3.47. The van der Waals surface area contributed by atoms with Crippen molar-refractivity contribution in [1.29, 1.82) is 0 Å². The number of carbonyl (C=O) groups is 2. The summed E-state index contributed by atoms with van der Waals surface area (Å²) in [6.07, 6.45) is 2.00. The van der Waals surface area contributed by atoms with Gasteiger partial charge in [0.05, 0.1) is 16.9 Å². The second-order valence-corrected chi connectivity index (χ2v) is 5.86. The molecule has 0 radical (unpaired) electrons. The van der Waals surface area contributed by atoms with Gasteiger partial charge in [0, 0.05) is 5.69 Å². The first-order valence-corrected chi connectivity index (χ1v) is 7.32. The van der Waals surface area contributed by atoms with Gasteiger partial charge in [-0.1, -0.05) is 24.9 Å². The van der Waals surface area contributed by atoms with Crippen molar-refractivity contribution in [2.24, 2.45) is 17.8 Å². The maximum absolute atomic E-state index is 12.3. The van der Waals surface area contributed by atoms with Crippen molar-refractivity contribution in [2.75, 3.05) is 5.32 Å². The summed E-state index contributed by atoms with van der Waals surface area (Å²) >= 11 is 5.79. The number of amides is 1. The van der Waals surface area contributed by atoms with Crippen LogP contribution in [-0.2, 0) is 9.59 Å². The van der Waals surface area contributed by atoms with E-state index >= 15 is 0 Å². The number of benzene rings is 1. The number of aliphatic carboxylic acids is 1. The van der Waals surface area contributed by atoms with E-state index in [1.54, 1.807) is 0 Å². The van der Waals surface area contributed by atoms with E-state index in [1.807, 2.05) is 6.92 Å². The molecule has 6 heteroatoms. The fraction of sp³-hybridized carbons (Fsp3) is 0.467. The van der Waals surface area contributed by atoms with Crippen molar-refractivity contribution in [3.8, 4) is 5.75 Å². The van der Waals surface area contributed by atoms with Crippen LogP contribution in [0.25, 0.3) is 0 Å². The Hall–Kier alpha value is -1.75. The monoisotopic (exact) mass is 311 g/mol. The molecule has 0 spiro atoms. The van der Waals surface area contributed by atoms with Gasteiger partial charge in [0.2, 0.25) is 5.91 Å². The van der Waals surface area contributed by atoms with Crippen LogP contribution >= 0.6 is 11.6 Å². The first-order valence-electron chi connectivity index (χ1n) is 6.94. The number of phenols is 1. The minimum atomic E-state index is -0.921. The molecule has 5 nitrogen and oxygen atoms in total. The molecule has 1 aliphatic carbocycles. The number of carbonyl (C=O) groups excluding carboxylic acids is 1. The molecule has 2 rings (SSSR count). The van der Waals surface area contributed by atoms with E-state index in [9.17, 15) is 19.8 Å². The summed E-state index contributed by atoms with van der Waals surface area (Å²) in [5.74, 6) is -2.19. The average molecular weight is 312 g/mol. The molecule has 1 aromatic carbocycles. The molecule has 1 amide bonds. The predicted octanol–water partition coefficient (Wildman–Crippen LogP) is 3.12. The molecule has 1 aromatic rings. The molecule has 1 saturated carbocycles. The standard InChI is InChI=1S/C15H18ClNO4/c1-2-8-5-10(11(6-8)15(20)21)14(19)17-9-3-4-13(18)12(16)7-9/h3-4,7-8,10-11,18H,2,5-6H2,1H3,(H,17,19)(H,20,21)/t8?,10-,11+/m0/s1. The van der Waals surface area contributed by atoms with Crippen molar-refractivity contribution in [3.63, 3.8) is 0 Å². The lowest BCUT2D eigenvalue weighted by atomic mass is 9.95. The minimum absolute atomic E-state index is 0.0648. The molecule has 0 aromatic heterocycles. The zero-order valence-electron chi connectivity index (χ0n) is 11.7. The molecule has 0 saturated heterocycles. The van der Waals surface area contributed by atoms with Gasteiger partial charge in [-0.15, -0.1) is 0 Å². The zero-order valence-corrected chi connectivity index (χ0v) is 12.4. The van der Waals surface area contributed by atoms with Crippen LogP contribution in [0.5, 0.6) is 5.75 Å². The molecular weight excluding hydrogens is 294 g/mol. The molecule has 114 valence electrons. The van der Waals surface area contributed by atoms with E-state index in [4.69, 9.17) is 11.6 Å². The Labute approximate surface area is 127 Å². The largest absolute Gasteiger partial charge is 0.506 e. The van der Waals surface area contributed by atoms with Crippen molar-refractivity contribution in [3.05, 3.63) is 23.2 Å². The number of carboxylic acid groups (broad SMARTS) is 1. The highest BCUT2D eigenvalue weighted by Gasteiger charge is 2.42. The van der Waals surface area contributed by atoms with E-state index < -0.39 is 17.8 Å². The maximum atomic E-state index is 12.3. The second-order valence-electron chi connectivity index (χ2n) is 5.45. The van der Waals surface area contributed by atoms with Crippen LogP contribution in [0.1, 0.15) is 26.2 Å². The average Bonchev–Trinajstić information content (AvgIpc) is 2.87. The third-order valence-corrected chi connectivity index (χ3v) is 4.41. The fourth-order valence-corrected chi connectivity index (χ4v) is 3.04. The van der Waals surface area contributed by atoms with Crippen LogP contribution in [0.4, 0.5) is 5.69 Å². The van der Waals surface area contributed by atoms with Crippen LogP contribution < -0.4 is 5.32 Å². The highest BCUT2D eigenvalue weighted by atomic mass is 35.5. The van der Waals surface area contributed by atoms with E-state index in [1.165, 1.54) is 18.2 Å². The number of hydrogen-bond acceptors (Lipinski definition) is 3. The molecule has 21 heavy (non-hydrogen) atoms. The van der Waals surface area contributed by atoms with Crippen molar-refractivity contribution < 1.29 is 19.8 Å². The lowest BCUT2D eigenvalue weighted by Gasteiger charge is -2.15. The van der Waals surface area contributed by atoms with Crippen LogP contribution in [0.15, 0.2) is 18.2 Å². The van der Waals surface area contributed by atoms with Gasteiger partial charge in [-0.3, -0.25) is 9.59 Å². The summed E-state index contributed by atoms with van der Waals surface area (Å²) in [6.45, 7) is 2.00. The SMILES string of the molecule is CCC1C[C@H](C(=O)Nc2ccc(O)c(Cl)c2)[C@H](C(=O)O)C1. The number of carboxylic acids is 1. The van der Waals surface area contributed by atoms with Gasteiger partial charge in [0.15, 0.2) is 0 Å². The quantitative estimate of drug-likeness (QED) is 0.746. The van der Waals surface area contributed by atoms with Crippen LogP contribution in [0.2, 0.25) is 5.02 Å². The van der Waals surface area contributed by atoms with Gasteiger partial charge in [-0.2, -0.15) is 0 Å². The maximum Gasteiger partial charge on any atom is 0.307 e. The first-order chi connectivity index (χ1) is 9.92. The Balaban J connectivity index is 2.11. The summed E-state index contributed by atoms with van der Waals surface area (Å²) in [4.78, 5) is 23.6. The summed E-state index contributed by atoms with van der Waals surface area (Å²) < 4.78 is 0. The Bertz CT molecular complexity index is 561. The topological polar surface area (TPSA) is 86.6 Å². The molecule has 3 atom stereocenters. The molecule has 3 N–H and O–H groups in total. The highest BCUT2D eigenvalue weighted by molar-refractivity contribution is 6.32. The number of aromatic hydroxyl groups is 1. The van der Waals surface area contributed by atoms with Gasteiger partial charge < -0.3 is 15.5 Å². The zero-order chi connectivity index (χ0) is 15.6. The van der Waals surface area contributed by atoms with Crippen LogP contribution in [-0.4, -0.2) is 22.1 Å². The Kier molecular flexibility index (Phi) is 4.73. The summed E-state index contributed by atoms with van der Waals surface area (Å²) in [5.41, 5.74) is 0.451. The smallest absolute Gasteiger partial charge is 0.307 e. The molecule has 1 aliphatic rings. The van der Waals surface area contributed by atoms with E-state index in [0.717, 1.165) is 6.42 Å². The van der Waals surface area contributed by atoms with Gasteiger partial charge >= 0.3 is 5.97 Å². The molecule has 0 aliphatic heterocycles. The highest BCUT2D eigenvalue weighted by Crippen LogP contribution is 2.39. The summed E-state index contributed by atoms with van der Waals surface area (Å²) in [7, 11) is 0. The summed E-state index contributed by atoms with van der Waals surface area (Å²) in [5, 5.41) is 21.4. The van der Waals surface area contributed by atoms with Crippen molar-refractivity contribution in [2.45, 2.75) is 26.2 Å². The second kappa shape index (κ2) is 6.35. The molecular formula is C15H18ClNO4. The van der Waals surface area contributed by atoms with E-state index in [-0.39, 0.29) is 22.6 Å². The third-order valence-electron chi connectivity index (χ3n) is 4.11.